The van der Waals surface area contributed by atoms with E-state index in [1.165, 1.54) is 6.33 Å². The lowest BCUT2D eigenvalue weighted by molar-refractivity contribution is 0.00685. The molecule has 3 aromatic rings. The number of aromatic nitrogens is 4. The first-order valence-corrected chi connectivity index (χ1v) is 9.98. The van der Waals surface area contributed by atoms with Gasteiger partial charge in [-0.25, -0.2) is 14.8 Å². The first-order chi connectivity index (χ1) is 14.2. The van der Waals surface area contributed by atoms with E-state index in [0.29, 0.717) is 16.6 Å². The van der Waals surface area contributed by atoms with E-state index in [-0.39, 0.29) is 23.6 Å². The molecule has 2 aromatic heterocycles. The predicted octanol–water partition coefficient (Wildman–Crippen LogP) is 3.34. The third kappa shape index (κ3) is 3.53. The molecule has 156 valence electrons. The van der Waals surface area contributed by atoms with Crippen LogP contribution in [-0.2, 0) is 11.2 Å². The van der Waals surface area contributed by atoms with Crippen molar-refractivity contribution in [2.75, 3.05) is 0 Å². The molecule has 1 aliphatic rings. The van der Waals surface area contributed by atoms with Gasteiger partial charge in [-0.15, -0.1) is 0 Å². The molecule has 1 amide bonds. The van der Waals surface area contributed by atoms with Gasteiger partial charge in [0, 0.05) is 0 Å². The number of nitrogens with zero attached hydrogens (tertiary/aromatic N) is 3. The summed E-state index contributed by atoms with van der Waals surface area (Å²) in [5, 5.41) is 10.0. The van der Waals surface area contributed by atoms with Gasteiger partial charge in [0.1, 0.15) is 23.0 Å². The number of carbonyl (C=O) groups excluding carboxylic acids is 2. The molecule has 1 aromatic carbocycles. The molecule has 2 heterocycles. The van der Waals surface area contributed by atoms with Gasteiger partial charge in [0.2, 0.25) is 0 Å². The molecule has 0 unspecified atom stereocenters. The van der Waals surface area contributed by atoms with Gasteiger partial charge in [-0.05, 0) is 70.2 Å². The van der Waals surface area contributed by atoms with Crippen molar-refractivity contribution >= 4 is 22.9 Å². The summed E-state index contributed by atoms with van der Waals surface area (Å²) in [5.74, 6) is -0.606. The van der Waals surface area contributed by atoms with Gasteiger partial charge in [-0.2, -0.15) is 5.10 Å². The summed E-state index contributed by atoms with van der Waals surface area (Å²) in [6.07, 6.45) is 2.92. The van der Waals surface area contributed by atoms with Gasteiger partial charge in [0.05, 0.1) is 17.3 Å². The van der Waals surface area contributed by atoms with Crippen LogP contribution in [0.4, 0.5) is 0 Å². The number of aromatic amines is 1. The Hall–Kier alpha value is -3.29. The molecule has 2 N–H and O–H groups in total. The van der Waals surface area contributed by atoms with Gasteiger partial charge < -0.3 is 10.1 Å². The van der Waals surface area contributed by atoms with Crippen molar-refractivity contribution in [2.24, 2.45) is 0 Å². The Labute approximate surface area is 174 Å². The zero-order valence-electron chi connectivity index (χ0n) is 17.8. The number of hydrogen-bond donors (Lipinski definition) is 2. The van der Waals surface area contributed by atoms with Crippen LogP contribution in [-0.4, -0.2) is 37.6 Å². The lowest BCUT2D eigenvalue weighted by atomic mass is 9.97. The maximum absolute atomic E-state index is 12.9. The number of carbonyl (C=O) groups is 2. The lowest BCUT2D eigenvalue weighted by Gasteiger charge is -2.21. The summed E-state index contributed by atoms with van der Waals surface area (Å²) in [6, 6.07) is 3.55. The summed E-state index contributed by atoms with van der Waals surface area (Å²) in [6.45, 7) is 9.31. The van der Waals surface area contributed by atoms with Gasteiger partial charge >= 0.3 is 5.97 Å². The SMILES string of the molecule is Cc1c(C(=O)OC(C)(C)C)ccc2c1CC[C@@H]2NC(=O)c1ncnc2c(C)n[nH]c12. The number of esters is 1. The third-order valence-electron chi connectivity index (χ3n) is 5.36. The highest BCUT2D eigenvalue weighted by Gasteiger charge is 2.29. The van der Waals surface area contributed by atoms with Crippen LogP contribution in [0.3, 0.4) is 0 Å². The van der Waals surface area contributed by atoms with E-state index in [0.717, 1.165) is 35.2 Å². The molecular formula is C22H25N5O3. The van der Waals surface area contributed by atoms with E-state index in [1.807, 2.05) is 40.7 Å². The average Bonchev–Trinajstić information content (AvgIpc) is 3.25. The molecule has 0 fully saturated rings. The topological polar surface area (TPSA) is 110 Å². The molecule has 4 rings (SSSR count). The van der Waals surface area contributed by atoms with Gasteiger partial charge in [0.15, 0.2) is 5.69 Å². The smallest absolute Gasteiger partial charge is 0.338 e. The first kappa shape index (κ1) is 20.0. The highest BCUT2D eigenvalue weighted by atomic mass is 16.6. The quantitative estimate of drug-likeness (QED) is 0.645. The van der Waals surface area contributed by atoms with Crippen LogP contribution in [0.25, 0.3) is 11.0 Å². The minimum atomic E-state index is -0.549. The van der Waals surface area contributed by atoms with Crippen LogP contribution in [0.2, 0.25) is 0 Å². The maximum atomic E-state index is 12.9. The molecule has 30 heavy (non-hydrogen) atoms. The summed E-state index contributed by atoms with van der Waals surface area (Å²) < 4.78 is 5.52. The van der Waals surface area contributed by atoms with Crippen LogP contribution >= 0.6 is 0 Å². The molecule has 0 saturated carbocycles. The summed E-state index contributed by atoms with van der Waals surface area (Å²) in [5.41, 5.74) is 5.21. The first-order valence-electron chi connectivity index (χ1n) is 9.98. The molecule has 1 atom stereocenters. The maximum Gasteiger partial charge on any atom is 0.338 e. The second-order valence-corrected chi connectivity index (χ2v) is 8.63. The average molecular weight is 407 g/mol. The largest absolute Gasteiger partial charge is 0.456 e. The number of H-pyrrole nitrogens is 1. The Balaban J connectivity index is 1.58. The lowest BCUT2D eigenvalue weighted by Crippen LogP contribution is -2.28. The monoisotopic (exact) mass is 407 g/mol. The Kier molecular flexibility index (Phi) is 4.80. The summed E-state index contributed by atoms with van der Waals surface area (Å²) in [4.78, 5) is 33.8. The third-order valence-corrected chi connectivity index (χ3v) is 5.36. The minimum absolute atomic E-state index is 0.145. The summed E-state index contributed by atoms with van der Waals surface area (Å²) in [7, 11) is 0. The van der Waals surface area contributed by atoms with Crippen molar-refractivity contribution < 1.29 is 14.3 Å². The van der Waals surface area contributed by atoms with E-state index in [2.05, 4.69) is 25.5 Å². The van der Waals surface area contributed by atoms with Crippen molar-refractivity contribution in [3.63, 3.8) is 0 Å². The Morgan fingerprint density at radius 3 is 2.70 bits per heavy atom. The summed E-state index contributed by atoms with van der Waals surface area (Å²) >= 11 is 0. The van der Waals surface area contributed by atoms with Crippen LogP contribution in [0.15, 0.2) is 18.5 Å². The van der Waals surface area contributed by atoms with Gasteiger partial charge in [0.25, 0.3) is 5.91 Å². The van der Waals surface area contributed by atoms with E-state index < -0.39 is 5.60 Å². The van der Waals surface area contributed by atoms with E-state index in [9.17, 15) is 9.59 Å². The highest BCUT2D eigenvalue weighted by Crippen LogP contribution is 2.35. The Morgan fingerprint density at radius 1 is 1.20 bits per heavy atom. The number of aryl methyl sites for hydroxylation is 1. The minimum Gasteiger partial charge on any atom is -0.456 e. The molecule has 0 saturated heterocycles. The fraction of sp³-hybridized carbons (Fsp3) is 0.409. The van der Waals surface area contributed by atoms with Crippen molar-refractivity contribution in [1.82, 2.24) is 25.5 Å². The van der Waals surface area contributed by atoms with Crippen LogP contribution < -0.4 is 5.32 Å². The molecular weight excluding hydrogens is 382 g/mol. The number of benzene rings is 1. The number of hydrogen-bond acceptors (Lipinski definition) is 6. The zero-order valence-corrected chi connectivity index (χ0v) is 17.8. The van der Waals surface area contributed by atoms with Crippen LogP contribution in [0.5, 0.6) is 0 Å². The number of amides is 1. The number of ether oxygens (including phenoxy) is 1. The standard InChI is InChI=1S/C22H25N5O3/c1-11-13-8-9-16(15(13)7-6-14(11)21(29)30-22(3,4)5)25-20(28)19-18-17(23-10-24-19)12(2)26-27-18/h6-7,10,16H,8-9H2,1-5H3,(H,25,28)(H,26,27)/t16-/m0/s1. The Bertz CT molecular complexity index is 1160. The van der Waals surface area contributed by atoms with E-state index in [4.69, 9.17) is 4.74 Å². The zero-order chi connectivity index (χ0) is 21.6. The number of nitrogens with one attached hydrogen (secondary N) is 2. The molecule has 8 nitrogen and oxygen atoms in total. The fourth-order valence-electron chi connectivity index (χ4n) is 3.94. The fourth-order valence-corrected chi connectivity index (χ4v) is 3.94. The van der Waals surface area contributed by atoms with Crippen LogP contribution in [0, 0.1) is 13.8 Å². The molecule has 0 radical (unpaired) electrons. The van der Waals surface area contributed by atoms with Crippen molar-refractivity contribution in [2.45, 2.75) is 59.1 Å². The van der Waals surface area contributed by atoms with Crippen LogP contribution in [0.1, 0.15) is 76.5 Å². The second-order valence-electron chi connectivity index (χ2n) is 8.63. The van der Waals surface area contributed by atoms with E-state index in [1.54, 1.807) is 6.07 Å². The molecule has 1 aliphatic carbocycles. The molecule has 8 heteroatoms. The predicted molar refractivity (Wildman–Crippen MR) is 111 cm³/mol. The van der Waals surface area contributed by atoms with E-state index >= 15 is 0 Å². The van der Waals surface area contributed by atoms with Crippen molar-refractivity contribution in [3.8, 4) is 0 Å². The molecule has 0 bridgehead atoms. The van der Waals surface area contributed by atoms with Crippen molar-refractivity contribution in [1.29, 1.82) is 0 Å². The second kappa shape index (κ2) is 7.19. The van der Waals surface area contributed by atoms with Crippen molar-refractivity contribution in [3.05, 3.63) is 52.1 Å². The normalized spacial score (nSPS) is 15.8. The highest BCUT2D eigenvalue weighted by molar-refractivity contribution is 6.03. The molecule has 0 aliphatic heterocycles. The number of fused-ring (bicyclic) bond motifs is 2. The van der Waals surface area contributed by atoms with Gasteiger partial charge in [-0.3, -0.25) is 9.89 Å². The Morgan fingerprint density at radius 2 is 1.97 bits per heavy atom. The van der Waals surface area contributed by atoms with Gasteiger partial charge in [-0.1, -0.05) is 6.07 Å². The molecule has 0 spiro atoms. The number of rotatable bonds is 3.